The minimum absolute atomic E-state index is 0.0909. The molecular formula is C11H16IN3O2. The first-order valence-electron chi connectivity index (χ1n) is 5.79. The van der Waals surface area contributed by atoms with Gasteiger partial charge in [0, 0.05) is 19.3 Å². The Hall–Kier alpha value is -0.470. The number of ether oxygens (including phenoxy) is 1. The summed E-state index contributed by atoms with van der Waals surface area (Å²) in [5.41, 5.74) is -0.0909. The molecule has 1 fully saturated rings. The first-order valence-corrected chi connectivity index (χ1v) is 6.87. The third-order valence-electron chi connectivity index (χ3n) is 2.77. The number of hydrogen-bond acceptors (Lipinski definition) is 4. The number of halogens is 1. The molecule has 0 aromatic carbocycles. The van der Waals surface area contributed by atoms with Gasteiger partial charge in [0.15, 0.2) is 0 Å². The van der Waals surface area contributed by atoms with Crippen LogP contribution in [0.4, 0.5) is 0 Å². The van der Waals surface area contributed by atoms with Crippen molar-refractivity contribution in [3.8, 4) is 0 Å². The van der Waals surface area contributed by atoms with Gasteiger partial charge in [-0.05, 0) is 35.6 Å². The summed E-state index contributed by atoms with van der Waals surface area (Å²) in [6, 6.07) is 0. The summed E-state index contributed by atoms with van der Waals surface area (Å²) >= 11 is 1.97. The first kappa shape index (κ1) is 13.0. The molecular weight excluding hydrogens is 333 g/mol. The van der Waals surface area contributed by atoms with Crippen molar-refractivity contribution in [3.05, 3.63) is 25.9 Å². The second-order valence-electron chi connectivity index (χ2n) is 4.11. The van der Waals surface area contributed by atoms with Gasteiger partial charge in [0.1, 0.15) is 11.9 Å². The molecule has 1 aliphatic heterocycles. The van der Waals surface area contributed by atoms with E-state index in [1.54, 1.807) is 6.20 Å². The molecule has 1 N–H and O–H groups in total. The lowest BCUT2D eigenvalue weighted by Crippen LogP contribution is -2.39. The molecule has 0 bridgehead atoms. The van der Waals surface area contributed by atoms with Crippen LogP contribution in [-0.2, 0) is 4.74 Å². The molecule has 0 amide bonds. The monoisotopic (exact) mass is 349 g/mol. The summed E-state index contributed by atoms with van der Waals surface area (Å²) < 4.78 is 6.26. The molecule has 94 valence electrons. The molecule has 2 rings (SSSR count). The Balaban J connectivity index is 2.10. The van der Waals surface area contributed by atoms with E-state index in [0.717, 1.165) is 26.1 Å². The molecule has 0 radical (unpaired) electrons. The van der Waals surface area contributed by atoms with E-state index in [1.807, 2.05) is 22.6 Å². The largest absolute Gasteiger partial charge is 0.368 e. The highest BCUT2D eigenvalue weighted by atomic mass is 127. The van der Waals surface area contributed by atoms with Gasteiger partial charge in [0.05, 0.1) is 10.2 Å². The fourth-order valence-electron chi connectivity index (χ4n) is 1.94. The van der Waals surface area contributed by atoms with Crippen molar-refractivity contribution in [1.82, 2.24) is 14.9 Å². The minimum Gasteiger partial charge on any atom is -0.368 e. The van der Waals surface area contributed by atoms with Gasteiger partial charge in [-0.2, -0.15) is 0 Å². The zero-order valence-corrected chi connectivity index (χ0v) is 11.9. The Kier molecular flexibility index (Phi) is 4.52. The van der Waals surface area contributed by atoms with E-state index in [9.17, 15) is 4.79 Å². The van der Waals surface area contributed by atoms with Crippen LogP contribution in [0.5, 0.6) is 0 Å². The van der Waals surface area contributed by atoms with Gasteiger partial charge < -0.3 is 9.72 Å². The lowest BCUT2D eigenvalue weighted by molar-refractivity contribution is -0.0343. The first-order chi connectivity index (χ1) is 8.20. The molecule has 0 spiro atoms. The van der Waals surface area contributed by atoms with Gasteiger partial charge in [-0.1, -0.05) is 6.92 Å². The van der Waals surface area contributed by atoms with E-state index in [1.165, 1.54) is 0 Å². The van der Waals surface area contributed by atoms with E-state index < -0.39 is 0 Å². The predicted molar refractivity (Wildman–Crippen MR) is 73.0 cm³/mol. The SMILES string of the molecule is CCCN1CCOC(c2ncc(I)c(=O)[nH]2)C1. The zero-order chi connectivity index (χ0) is 12.3. The lowest BCUT2D eigenvalue weighted by atomic mass is 10.2. The van der Waals surface area contributed by atoms with E-state index >= 15 is 0 Å². The number of nitrogens with zero attached hydrogens (tertiary/aromatic N) is 2. The maximum Gasteiger partial charge on any atom is 0.264 e. The summed E-state index contributed by atoms with van der Waals surface area (Å²) in [7, 11) is 0. The van der Waals surface area contributed by atoms with Crippen molar-refractivity contribution in [2.45, 2.75) is 19.4 Å². The van der Waals surface area contributed by atoms with Gasteiger partial charge in [-0.3, -0.25) is 9.69 Å². The highest BCUT2D eigenvalue weighted by molar-refractivity contribution is 14.1. The van der Waals surface area contributed by atoms with Gasteiger partial charge in [-0.25, -0.2) is 4.98 Å². The van der Waals surface area contributed by atoms with Crippen LogP contribution in [0.3, 0.4) is 0 Å². The maximum absolute atomic E-state index is 11.5. The number of H-pyrrole nitrogens is 1. The molecule has 0 aliphatic carbocycles. The Bertz CT molecular complexity index is 433. The zero-order valence-electron chi connectivity index (χ0n) is 9.78. The molecule has 1 aromatic rings. The van der Waals surface area contributed by atoms with Crippen LogP contribution in [0.25, 0.3) is 0 Å². The predicted octanol–water partition coefficient (Wildman–Crippen LogP) is 1.16. The summed E-state index contributed by atoms with van der Waals surface area (Å²) in [6.45, 7) is 5.68. The molecule has 1 atom stereocenters. The third kappa shape index (κ3) is 3.26. The third-order valence-corrected chi connectivity index (χ3v) is 3.54. The number of nitrogens with one attached hydrogen (secondary N) is 1. The number of aromatic nitrogens is 2. The van der Waals surface area contributed by atoms with Crippen LogP contribution in [0, 0.1) is 3.57 Å². The summed E-state index contributed by atoms with van der Waals surface area (Å²) in [5.74, 6) is 0.635. The maximum atomic E-state index is 11.5. The number of morpholine rings is 1. The Morgan fingerprint density at radius 1 is 1.71 bits per heavy atom. The topological polar surface area (TPSA) is 58.2 Å². The Morgan fingerprint density at radius 2 is 2.53 bits per heavy atom. The Labute approximate surface area is 114 Å². The second kappa shape index (κ2) is 5.92. The van der Waals surface area contributed by atoms with E-state index in [4.69, 9.17) is 4.74 Å². The summed E-state index contributed by atoms with van der Waals surface area (Å²) in [4.78, 5) is 20.9. The van der Waals surface area contributed by atoms with E-state index in [0.29, 0.717) is 16.0 Å². The molecule has 17 heavy (non-hydrogen) atoms. The van der Waals surface area contributed by atoms with Crippen LogP contribution in [-0.4, -0.2) is 41.1 Å². The van der Waals surface area contributed by atoms with Gasteiger partial charge in [0.2, 0.25) is 0 Å². The minimum atomic E-state index is -0.111. The highest BCUT2D eigenvalue weighted by Crippen LogP contribution is 2.18. The van der Waals surface area contributed by atoms with Crippen LogP contribution < -0.4 is 5.56 Å². The second-order valence-corrected chi connectivity index (χ2v) is 5.27. The van der Waals surface area contributed by atoms with Gasteiger partial charge in [0.25, 0.3) is 5.56 Å². The highest BCUT2D eigenvalue weighted by Gasteiger charge is 2.23. The number of hydrogen-bond donors (Lipinski definition) is 1. The van der Waals surface area contributed by atoms with E-state index in [-0.39, 0.29) is 11.7 Å². The van der Waals surface area contributed by atoms with Crippen molar-refractivity contribution in [3.63, 3.8) is 0 Å². The average Bonchev–Trinajstić information content (AvgIpc) is 2.33. The molecule has 0 saturated carbocycles. The van der Waals surface area contributed by atoms with Gasteiger partial charge in [-0.15, -0.1) is 0 Å². The molecule has 5 nitrogen and oxygen atoms in total. The molecule has 1 saturated heterocycles. The smallest absolute Gasteiger partial charge is 0.264 e. The Morgan fingerprint density at radius 3 is 3.24 bits per heavy atom. The summed E-state index contributed by atoms with van der Waals surface area (Å²) in [5, 5.41) is 0. The normalized spacial score (nSPS) is 21.6. The standard InChI is InChI=1S/C11H16IN3O2/c1-2-3-15-4-5-17-9(7-15)10-13-6-8(12)11(16)14-10/h6,9H,2-5,7H2,1H3,(H,13,14,16). The van der Waals surface area contributed by atoms with Crippen LogP contribution in [0.2, 0.25) is 0 Å². The van der Waals surface area contributed by atoms with Crippen LogP contribution in [0.1, 0.15) is 25.3 Å². The summed E-state index contributed by atoms with van der Waals surface area (Å²) in [6.07, 6.45) is 2.61. The molecule has 1 aromatic heterocycles. The lowest BCUT2D eigenvalue weighted by Gasteiger charge is -2.31. The molecule has 1 aliphatic rings. The average molecular weight is 349 g/mol. The van der Waals surface area contributed by atoms with Crippen molar-refractivity contribution in [2.75, 3.05) is 26.2 Å². The van der Waals surface area contributed by atoms with Crippen LogP contribution >= 0.6 is 22.6 Å². The molecule has 6 heteroatoms. The van der Waals surface area contributed by atoms with Gasteiger partial charge >= 0.3 is 0 Å². The number of rotatable bonds is 3. The van der Waals surface area contributed by atoms with Crippen LogP contribution in [0.15, 0.2) is 11.0 Å². The fourth-order valence-corrected chi connectivity index (χ4v) is 2.22. The molecule has 1 unspecified atom stereocenters. The fraction of sp³-hybridized carbons (Fsp3) is 0.636. The van der Waals surface area contributed by atoms with Crippen molar-refractivity contribution in [1.29, 1.82) is 0 Å². The number of aromatic amines is 1. The van der Waals surface area contributed by atoms with Crippen molar-refractivity contribution < 1.29 is 4.74 Å². The van der Waals surface area contributed by atoms with Crippen molar-refractivity contribution >= 4 is 22.6 Å². The molecule has 2 heterocycles. The quantitative estimate of drug-likeness (QED) is 0.832. The van der Waals surface area contributed by atoms with E-state index in [2.05, 4.69) is 21.8 Å². The van der Waals surface area contributed by atoms with Crippen molar-refractivity contribution in [2.24, 2.45) is 0 Å².